The van der Waals surface area contributed by atoms with Crippen LogP contribution in [0.15, 0.2) is 47.9 Å². The third-order valence-electron chi connectivity index (χ3n) is 1.80. The van der Waals surface area contributed by atoms with E-state index in [1.54, 1.807) is 11.3 Å². The first kappa shape index (κ1) is 7.56. The fraction of sp³-hybridized carbons (Fsp3) is 0.0909. The maximum absolute atomic E-state index is 2.26. The lowest BCUT2D eigenvalue weighted by atomic mass is 10.2. The molecule has 0 saturated heterocycles. The van der Waals surface area contributed by atoms with Gasteiger partial charge in [-0.25, -0.2) is 0 Å². The van der Waals surface area contributed by atoms with Crippen LogP contribution in [0.2, 0.25) is 0 Å². The lowest BCUT2D eigenvalue weighted by Crippen LogP contribution is -1.71. The molecule has 1 aliphatic carbocycles. The molecule has 0 fully saturated rings. The summed E-state index contributed by atoms with van der Waals surface area (Å²) >= 11 is 1.79. The second-order valence-corrected chi connectivity index (χ2v) is 3.61. The van der Waals surface area contributed by atoms with Crippen LogP contribution >= 0.6 is 11.3 Å². The largest absolute Gasteiger partial charge is 0.144 e. The van der Waals surface area contributed by atoms with Crippen molar-refractivity contribution in [3.8, 4) is 0 Å². The van der Waals surface area contributed by atoms with Gasteiger partial charge in [-0.2, -0.15) is 0 Å². The predicted octanol–water partition coefficient (Wildman–Crippen LogP) is 3.65. The van der Waals surface area contributed by atoms with E-state index in [1.807, 2.05) is 0 Å². The van der Waals surface area contributed by atoms with Gasteiger partial charge in [0.05, 0.1) is 0 Å². The second-order valence-electron chi connectivity index (χ2n) is 2.66. The van der Waals surface area contributed by atoms with E-state index in [-0.39, 0.29) is 0 Å². The fourth-order valence-corrected chi connectivity index (χ4v) is 1.95. The molecule has 0 N–H and O–H groups in total. The van der Waals surface area contributed by atoms with Gasteiger partial charge in [0.2, 0.25) is 0 Å². The number of rotatable bonds is 1. The Morgan fingerprint density at radius 2 is 2.25 bits per heavy atom. The number of hydrogen-bond donors (Lipinski definition) is 0. The van der Waals surface area contributed by atoms with E-state index in [0.717, 1.165) is 6.42 Å². The van der Waals surface area contributed by atoms with Crippen LogP contribution < -0.4 is 0 Å². The first-order valence-corrected chi connectivity index (χ1v) is 4.92. The highest BCUT2D eigenvalue weighted by atomic mass is 32.1. The van der Waals surface area contributed by atoms with Crippen LogP contribution in [0.25, 0.3) is 5.57 Å². The van der Waals surface area contributed by atoms with Crippen LogP contribution in [0.4, 0.5) is 0 Å². The molecule has 0 amide bonds. The van der Waals surface area contributed by atoms with Gasteiger partial charge in [-0.3, -0.25) is 0 Å². The van der Waals surface area contributed by atoms with Crippen LogP contribution in [0.5, 0.6) is 0 Å². The zero-order valence-electron chi connectivity index (χ0n) is 6.73. The maximum Gasteiger partial charge on any atom is 0.0339 e. The van der Waals surface area contributed by atoms with Crippen molar-refractivity contribution in [2.24, 2.45) is 0 Å². The summed E-state index contributed by atoms with van der Waals surface area (Å²) in [6.45, 7) is 0. The molecule has 0 atom stereocenters. The van der Waals surface area contributed by atoms with E-state index in [1.165, 1.54) is 10.5 Å². The minimum Gasteiger partial charge on any atom is -0.144 e. The van der Waals surface area contributed by atoms with Crippen molar-refractivity contribution in [1.82, 2.24) is 0 Å². The van der Waals surface area contributed by atoms with Crippen molar-refractivity contribution in [2.45, 2.75) is 6.42 Å². The van der Waals surface area contributed by atoms with Crippen LogP contribution in [0.3, 0.4) is 0 Å². The summed E-state index contributed by atoms with van der Waals surface area (Å²) in [5, 5.41) is 2.11. The Balaban J connectivity index is 2.30. The van der Waals surface area contributed by atoms with Gasteiger partial charge in [0.15, 0.2) is 0 Å². The Kier molecular flexibility index (Phi) is 2.23. The Hall–Kier alpha value is -1.08. The van der Waals surface area contributed by atoms with Gasteiger partial charge in [0.1, 0.15) is 0 Å². The minimum atomic E-state index is 1.04. The molecule has 1 heteroatoms. The van der Waals surface area contributed by atoms with Crippen LogP contribution in [0.1, 0.15) is 11.3 Å². The van der Waals surface area contributed by atoms with Crippen LogP contribution in [-0.4, -0.2) is 0 Å². The highest BCUT2D eigenvalue weighted by molar-refractivity contribution is 7.11. The summed E-state index contributed by atoms with van der Waals surface area (Å²) in [6, 6.07) is 4.25. The molecule has 1 aromatic heterocycles. The number of hydrogen-bond acceptors (Lipinski definition) is 1. The smallest absolute Gasteiger partial charge is 0.0339 e. The standard InChI is InChI=1S/C11H10S/c1-2-4-7-10(6-3-1)11-8-5-9-12-11/h1-3,5-9H,4H2. The van der Waals surface area contributed by atoms with Gasteiger partial charge in [-0.05, 0) is 23.4 Å². The first-order chi connectivity index (χ1) is 5.97. The Labute approximate surface area is 76.6 Å². The molecule has 0 radical (unpaired) electrons. The van der Waals surface area contributed by atoms with Crippen molar-refractivity contribution >= 4 is 16.9 Å². The summed E-state index contributed by atoms with van der Waals surface area (Å²) in [6.07, 6.45) is 11.8. The van der Waals surface area contributed by atoms with E-state index in [0.29, 0.717) is 0 Å². The summed E-state index contributed by atoms with van der Waals surface area (Å²) < 4.78 is 0. The van der Waals surface area contributed by atoms with E-state index in [2.05, 4.69) is 47.9 Å². The van der Waals surface area contributed by atoms with Gasteiger partial charge in [-0.15, -0.1) is 11.3 Å². The summed E-state index contributed by atoms with van der Waals surface area (Å²) in [7, 11) is 0. The van der Waals surface area contributed by atoms with Gasteiger partial charge < -0.3 is 0 Å². The third-order valence-corrected chi connectivity index (χ3v) is 2.72. The maximum atomic E-state index is 2.26. The lowest BCUT2D eigenvalue weighted by Gasteiger charge is -1.94. The zero-order chi connectivity index (χ0) is 8.23. The van der Waals surface area contributed by atoms with Crippen molar-refractivity contribution in [2.75, 3.05) is 0 Å². The zero-order valence-corrected chi connectivity index (χ0v) is 7.55. The monoisotopic (exact) mass is 174 g/mol. The summed E-state index contributed by atoms with van der Waals surface area (Å²) in [5.41, 5.74) is 1.34. The molecule has 0 aliphatic heterocycles. The molecule has 0 spiro atoms. The lowest BCUT2D eigenvalue weighted by molar-refractivity contribution is 1.41. The van der Waals surface area contributed by atoms with E-state index in [9.17, 15) is 0 Å². The van der Waals surface area contributed by atoms with Gasteiger partial charge in [0.25, 0.3) is 0 Å². The van der Waals surface area contributed by atoms with E-state index < -0.39 is 0 Å². The van der Waals surface area contributed by atoms with Crippen LogP contribution in [-0.2, 0) is 0 Å². The van der Waals surface area contributed by atoms with Crippen molar-refractivity contribution in [1.29, 1.82) is 0 Å². The highest BCUT2D eigenvalue weighted by Crippen LogP contribution is 2.22. The van der Waals surface area contributed by atoms with Crippen molar-refractivity contribution < 1.29 is 0 Å². The quantitative estimate of drug-likeness (QED) is 0.609. The summed E-state index contributed by atoms with van der Waals surface area (Å²) in [4.78, 5) is 1.36. The molecule has 60 valence electrons. The fourth-order valence-electron chi connectivity index (χ4n) is 1.20. The summed E-state index contributed by atoms with van der Waals surface area (Å²) in [5.74, 6) is 0. The van der Waals surface area contributed by atoms with Crippen molar-refractivity contribution in [3.63, 3.8) is 0 Å². The molecule has 0 bridgehead atoms. The molecule has 1 aromatic rings. The normalized spacial score (nSPS) is 15.8. The SMILES string of the molecule is C1=CCC=C(c2cccs2)C=C1. The topological polar surface area (TPSA) is 0 Å². The van der Waals surface area contributed by atoms with Gasteiger partial charge in [-0.1, -0.05) is 36.4 Å². The number of thiophene rings is 1. The molecule has 1 heterocycles. The Morgan fingerprint density at radius 1 is 1.25 bits per heavy atom. The molecule has 12 heavy (non-hydrogen) atoms. The Bertz CT molecular complexity index is 326. The molecular weight excluding hydrogens is 164 g/mol. The Morgan fingerprint density at radius 3 is 3.08 bits per heavy atom. The highest BCUT2D eigenvalue weighted by Gasteiger charge is 1.97. The molecule has 0 aromatic carbocycles. The number of allylic oxidation sites excluding steroid dienone is 6. The van der Waals surface area contributed by atoms with Crippen LogP contribution in [0, 0.1) is 0 Å². The molecule has 0 nitrogen and oxygen atoms in total. The second kappa shape index (κ2) is 3.55. The third kappa shape index (κ3) is 1.56. The molecule has 2 rings (SSSR count). The predicted molar refractivity (Wildman–Crippen MR) is 55.2 cm³/mol. The molecular formula is C11H10S. The van der Waals surface area contributed by atoms with Gasteiger partial charge >= 0.3 is 0 Å². The molecule has 1 aliphatic rings. The molecule has 0 unspecified atom stereocenters. The minimum absolute atomic E-state index is 1.04. The average Bonchev–Trinajstić information content (AvgIpc) is 2.48. The van der Waals surface area contributed by atoms with E-state index in [4.69, 9.17) is 0 Å². The van der Waals surface area contributed by atoms with Gasteiger partial charge in [0, 0.05) is 4.88 Å². The van der Waals surface area contributed by atoms with Crippen molar-refractivity contribution in [3.05, 3.63) is 52.8 Å². The molecule has 0 saturated carbocycles. The first-order valence-electron chi connectivity index (χ1n) is 4.04. The average molecular weight is 174 g/mol. The van der Waals surface area contributed by atoms with E-state index >= 15 is 0 Å².